The topological polar surface area (TPSA) is 108 Å². The summed E-state index contributed by atoms with van der Waals surface area (Å²) in [7, 11) is 0. The highest BCUT2D eigenvalue weighted by atomic mass is 16.3. The van der Waals surface area contributed by atoms with Crippen LogP contribution in [0.25, 0.3) is 0 Å². The minimum Gasteiger partial charge on any atom is -0.469 e. The van der Waals surface area contributed by atoms with Gasteiger partial charge in [-0.15, -0.1) is 0 Å². The molecule has 1 fully saturated rings. The molecule has 0 saturated heterocycles. The van der Waals surface area contributed by atoms with Crippen LogP contribution < -0.4 is 0 Å². The fraction of sp³-hybridized carbons (Fsp3) is 0.412. The Morgan fingerprint density at radius 2 is 2.05 bits per heavy atom. The van der Waals surface area contributed by atoms with E-state index in [0.29, 0.717) is 5.76 Å². The summed E-state index contributed by atoms with van der Waals surface area (Å²) in [6.07, 6.45) is 6.14. The van der Waals surface area contributed by atoms with Gasteiger partial charge >= 0.3 is 0 Å². The predicted molar refractivity (Wildman–Crippen MR) is 77.4 cm³/mol. The van der Waals surface area contributed by atoms with Gasteiger partial charge in [-0.2, -0.15) is 15.8 Å². The first kappa shape index (κ1) is 14.1. The molecule has 3 rings (SSSR count). The third kappa shape index (κ3) is 1.71. The van der Waals surface area contributed by atoms with Gasteiger partial charge in [-0.3, -0.25) is 0 Å². The van der Waals surface area contributed by atoms with Crippen LogP contribution in [-0.4, -0.2) is 5.71 Å². The maximum atomic E-state index is 9.70. The number of furan rings is 1. The minimum absolute atomic E-state index is 0.0991. The van der Waals surface area contributed by atoms with Gasteiger partial charge in [0.15, 0.2) is 5.41 Å². The van der Waals surface area contributed by atoms with Gasteiger partial charge in [-0.05, 0) is 42.9 Å². The van der Waals surface area contributed by atoms with E-state index in [1.807, 2.05) is 18.2 Å². The van der Waals surface area contributed by atoms with Crippen LogP contribution >= 0.6 is 0 Å². The van der Waals surface area contributed by atoms with Crippen molar-refractivity contribution in [2.75, 3.05) is 0 Å². The van der Waals surface area contributed by atoms with Crippen molar-refractivity contribution >= 4 is 5.71 Å². The molecule has 1 aromatic heterocycles. The molecule has 3 atom stereocenters. The van der Waals surface area contributed by atoms with Crippen LogP contribution in [-0.2, 0) is 0 Å². The Labute approximate surface area is 128 Å². The summed E-state index contributed by atoms with van der Waals surface area (Å²) in [4.78, 5) is 0. The standard InChI is InChI=1S/C17H14N4O/c18-8-13-11-4-1-2-5-12(11)15(14-6-3-7-22-14)17(9-19,10-20)16(13)21/h3-4,6-7,12-13,15,21H,1-2,5H2/t12-,13+,15+/m1/s1. The second-order valence-corrected chi connectivity index (χ2v) is 5.74. The Bertz CT molecular complexity index is 740. The van der Waals surface area contributed by atoms with Crippen molar-refractivity contribution in [3.8, 4) is 18.2 Å². The molecular weight excluding hydrogens is 276 g/mol. The number of nitrogens with one attached hydrogen (secondary N) is 1. The maximum absolute atomic E-state index is 9.70. The van der Waals surface area contributed by atoms with Crippen LogP contribution in [0.1, 0.15) is 30.9 Å². The van der Waals surface area contributed by atoms with Crippen LogP contribution in [0.2, 0.25) is 0 Å². The zero-order chi connectivity index (χ0) is 15.7. The monoisotopic (exact) mass is 290 g/mol. The van der Waals surface area contributed by atoms with E-state index < -0.39 is 17.3 Å². The van der Waals surface area contributed by atoms with Crippen molar-refractivity contribution in [3.05, 3.63) is 35.8 Å². The zero-order valence-corrected chi connectivity index (χ0v) is 11.9. The lowest BCUT2D eigenvalue weighted by molar-refractivity contribution is 0.279. The van der Waals surface area contributed by atoms with Gasteiger partial charge < -0.3 is 9.83 Å². The summed E-state index contributed by atoms with van der Waals surface area (Å²) < 4.78 is 5.49. The van der Waals surface area contributed by atoms with E-state index in [1.165, 1.54) is 6.26 Å². The molecule has 0 amide bonds. The summed E-state index contributed by atoms with van der Waals surface area (Å²) in [5, 5.41) is 37.2. The molecule has 22 heavy (non-hydrogen) atoms. The Kier molecular flexibility index (Phi) is 3.32. The average molecular weight is 290 g/mol. The van der Waals surface area contributed by atoms with Crippen molar-refractivity contribution in [3.63, 3.8) is 0 Å². The van der Waals surface area contributed by atoms with Crippen molar-refractivity contribution in [2.24, 2.45) is 17.3 Å². The smallest absolute Gasteiger partial charge is 0.192 e. The number of hydrogen-bond acceptors (Lipinski definition) is 5. The molecule has 5 nitrogen and oxygen atoms in total. The molecule has 0 bridgehead atoms. The third-order valence-electron chi connectivity index (χ3n) is 4.77. The molecule has 1 heterocycles. The molecule has 5 heteroatoms. The molecule has 1 aromatic rings. The number of nitriles is 3. The third-order valence-corrected chi connectivity index (χ3v) is 4.77. The van der Waals surface area contributed by atoms with E-state index in [0.717, 1.165) is 24.8 Å². The molecule has 0 radical (unpaired) electrons. The summed E-state index contributed by atoms with van der Waals surface area (Å²) in [6, 6.07) is 9.65. The van der Waals surface area contributed by atoms with Crippen LogP contribution in [0, 0.1) is 56.7 Å². The zero-order valence-electron chi connectivity index (χ0n) is 11.9. The summed E-state index contributed by atoms with van der Waals surface area (Å²) >= 11 is 0. The Morgan fingerprint density at radius 3 is 2.64 bits per heavy atom. The first-order valence-corrected chi connectivity index (χ1v) is 7.24. The fourth-order valence-electron chi connectivity index (χ4n) is 3.78. The quantitative estimate of drug-likeness (QED) is 0.800. The predicted octanol–water partition coefficient (Wildman–Crippen LogP) is 3.30. The van der Waals surface area contributed by atoms with Gasteiger partial charge in [-0.1, -0.05) is 6.08 Å². The maximum Gasteiger partial charge on any atom is 0.192 e. The SMILES string of the molecule is N#C[C@@H]1C(=N)C(C#N)(C#N)[C@H](c2ccco2)[C@@H]2CCCC=C12. The van der Waals surface area contributed by atoms with Gasteiger partial charge in [-0.25, -0.2) is 0 Å². The van der Waals surface area contributed by atoms with Crippen LogP contribution in [0.15, 0.2) is 34.5 Å². The molecular formula is C17H14N4O. The van der Waals surface area contributed by atoms with Gasteiger partial charge in [0, 0.05) is 0 Å². The number of nitrogens with zero attached hydrogens (tertiary/aromatic N) is 3. The highest BCUT2D eigenvalue weighted by molar-refractivity contribution is 6.00. The van der Waals surface area contributed by atoms with E-state index >= 15 is 0 Å². The number of rotatable bonds is 1. The summed E-state index contributed by atoms with van der Waals surface area (Å²) in [5.74, 6) is -0.864. The molecule has 1 saturated carbocycles. The second-order valence-electron chi connectivity index (χ2n) is 5.74. The first-order valence-electron chi connectivity index (χ1n) is 7.24. The lowest BCUT2D eigenvalue weighted by atomic mass is 9.54. The van der Waals surface area contributed by atoms with E-state index in [4.69, 9.17) is 9.83 Å². The molecule has 2 aliphatic carbocycles. The molecule has 108 valence electrons. The highest BCUT2D eigenvalue weighted by Crippen LogP contribution is 2.55. The van der Waals surface area contributed by atoms with E-state index in [1.54, 1.807) is 12.1 Å². The van der Waals surface area contributed by atoms with Crippen molar-refractivity contribution in [1.82, 2.24) is 0 Å². The van der Waals surface area contributed by atoms with Gasteiger partial charge in [0.05, 0.1) is 36.1 Å². The minimum atomic E-state index is -1.64. The Hall–Kier alpha value is -2.84. The van der Waals surface area contributed by atoms with Crippen molar-refractivity contribution in [1.29, 1.82) is 21.2 Å². The summed E-state index contributed by atoms with van der Waals surface area (Å²) in [5.41, 5.74) is -0.885. The highest BCUT2D eigenvalue weighted by Gasteiger charge is 2.58. The lowest BCUT2D eigenvalue weighted by Gasteiger charge is -2.44. The molecule has 2 aliphatic rings. The molecule has 0 unspecified atom stereocenters. The van der Waals surface area contributed by atoms with Gasteiger partial charge in [0.2, 0.25) is 0 Å². The number of allylic oxidation sites excluding steroid dienone is 2. The number of fused-ring (bicyclic) bond motifs is 1. The average Bonchev–Trinajstić information content (AvgIpc) is 3.08. The van der Waals surface area contributed by atoms with Gasteiger partial charge in [0.25, 0.3) is 0 Å². The Morgan fingerprint density at radius 1 is 1.27 bits per heavy atom. The van der Waals surface area contributed by atoms with Crippen LogP contribution in [0.4, 0.5) is 0 Å². The summed E-state index contributed by atoms with van der Waals surface area (Å²) in [6.45, 7) is 0. The second kappa shape index (κ2) is 5.17. The van der Waals surface area contributed by atoms with E-state index in [9.17, 15) is 15.8 Å². The normalized spacial score (nSPS) is 29.4. The van der Waals surface area contributed by atoms with Crippen LogP contribution in [0.3, 0.4) is 0 Å². The first-order chi connectivity index (χ1) is 10.7. The van der Waals surface area contributed by atoms with Crippen molar-refractivity contribution in [2.45, 2.75) is 25.2 Å². The lowest BCUT2D eigenvalue weighted by Crippen LogP contribution is -2.48. The fourth-order valence-corrected chi connectivity index (χ4v) is 3.78. The largest absolute Gasteiger partial charge is 0.469 e. The molecule has 1 N–H and O–H groups in total. The van der Waals surface area contributed by atoms with Crippen LogP contribution in [0.5, 0.6) is 0 Å². The molecule has 0 aliphatic heterocycles. The molecule has 0 spiro atoms. The Balaban J connectivity index is 2.25. The van der Waals surface area contributed by atoms with E-state index in [-0.39, 0.29) is 11.6 Å². The molecule has 0 aromatic carbocycles. The van der Waals surface area contributed by atoms with E-state index in [2.05, 4.69) is 6.07 Å². The van der Waals surface area contributed by atoms with Crippen molar-refractivity contribution < 1.29 is 4.42 Å². The number of hydrogen-bond donors (Lipinski definition) is 1. The van der Waals surface area contributed by atoms with Gasteiger partial charge in [0.1, 0.15) is 11.7 Å².